The molecule has 0 radical (unpaired) electrons. The zero-order valence-electron chi connectivity index (χ0n) is 19.5. The number of methoxy groups -OCH3 is 1. The van der Waals surface area contributed by atoms with Crippen LogP contribution in [0.15, 0.2) is 78.7 Å². The van der Waals surface area contributed by atoms with Crippen molar-refractivity contribution in [1.29, 1.82) is 0 Å². The number of pyridine rings is 1. The van der Waals surface area contributed by atoms with Gasteiger partial charge in [-0.3, -0.25) is 14.5 Å². The van der Waals surface area contributed by atoms with E-state index in [0.717, 1.165) is 17.1 Å². The van der Waals surface area contributed by atoms with Crippen LogP contribution in [-0.4, -0.2) is 61.5 Å². The SMILES string of the molecule is COc1ccc(C=C2Oc3ccccc3N(CC(=O)N3CCN(c4ccccn4)CC3)C2=O)cc1. The van der Waals surface area contributed by atoms with Crippen molar-refractivity contribution in [3.63, 3.8) is 0 Å². The van der Waals surface area contributed by atoms with Crippen molar-refractivity contribution in [1.82, 2.24) is 9.88 Å². The van der Waals surface area contributed by atoms with Crippen LogP contribution in [0.3, 0.4) is 0 Å². The van der Waals surface area contributed by atoms with Crippen LogP contribution in [0.25, 0.3) is 6.08 Å². The first kappa shape index (κ1) is 22.5. The molecule has 8 heteroatoms. The number of carbonyl (C=O) groups excluding carboxylic acids is 2. The lowest BCUT2D eigenvalue weighted by Crippen LogP contribution is -2.52. The normalized spacial score (nSPS) is 16.7. The molecule has 0 bridgehead atoms. The van der Waals surface area contributed by atoms with Gasteiger partial charge in [0.1, 0.15) is 18.1 Å². The number of fused-ring (bicyclic) bond motifs is 1. The van der Waals surface area contributed by atoms with Crippen LogP contribution in [0.2, 0.25) is 0 Å². The Hall–Kier alpha value is -4.33. The van der Waals surface area contributed by atoms with E-state index >= 15 is 0 Å². The number of para-hydroxylation sites is 2. The summed E-state index contributed by atoms with van der Waals surface area (Å²) >= 11 is 0. The molecule has 0 saturated carbocycles. The number of carbonyl (C=O) groups is 2. The molecule has 2 amide bonds. The molecule has 2 aliphatic rings. The van der Waals surface area contributed by atoms with Gasteiger partial charge in [-0.05, 0) is 48.0 Å². The number of ether oxygens (including phenoxy) is 2. The van der Waals surface area contributed by atoms with E-state index in [1.165, 1.54) is 4.90 Å². The number of anilines is 2. The second-order valence-electron chi connectivity index (χ2n) is 8.30. The largest absolute Gasteiger partial charge is 0.497 e. The number of nitrogens with zero attached hydrogens (tertiary/aromatic N) is 4. The van der Waals surface area contributed by atoms with Gasteiger partial charge in [0.15, 0.2) is 11.5 Å². The van der Waals surface area contributed by atoms with Crippen LogP contribution in [0, 0.1) is 0 Å². The minimum atomic E-state index is -0.347. The van der Waals surface area contributed by atoms with E-state index in [1.54, 1.807) is 36.4 Å². The number of benzene rings is 2. The molecular formula is C27H26N4O4. The first-order chi connectivity index (χ1) is 17.1. The third-order valence-electron chi connectivity index (χ3n) is 6.14. The maximum atomic E-state index is 13.4. The molecule has 178 valence electrons. The molecule has 1 aromatic heterocycles. The molecule has 3 heterocycles. The van der Waals surface area contributed by atoms with Crippen molar-refractivity contribution in [2.45, 2.75) is 0 Å². The number of hydrogen-bond donors (Lipinski definition) is 0. The highest BCUT2D eigenvalue weighted by atomic mass is 16.5. The van der Waals surface area contributed by atoms with Crippen molar-refractivity contribution in [2.24, 2.45) is 0 Å². The highest BCUT2D eigenvalue weighted by molar-refractivity contribution is 6.12. The highest BCUT2D eigenvalue weighted by Crippen LogP contribution is 2.35. The molecule has 35 heavy (non-hydrogen) atoms. The average molecular weight is 471 g/mol. The first-order valence-corrected chi connectivity index (χ1v) is 11.5. The van der Waals surface area contributed by atoms with E-state index in [0.29, 0.717) is 37.6 Å². The van der Waals surface area contributed by atoms with Gasteiger partial charge in [-0.2, -0.15) is 0 Å². The lowest BCUT2D eigenvalue weighted by atomic mass is 10.1. The molecule has 5 rings (SSSR count). The Morgan fingerprint density at radius 1 is 1.00 bits per heavy atom. The van der Waals surface area contributed by atoms with Crippen molar-refractivity contribution >= 4 is 29.4 Å². The van der Waals surface area contributed by atoms with E-state index in [1.807, 2.05) is 54.6 Å². The van der Waals surface area contributed by atoms with Gasteiger partial charge >= 0.3 is 0 Å². The van der Waals surface area contributed by atoms with Crippen molar-refractivity contribution in [2.75, 3.05) is 49.6 Å². The third-order valence-corrected chi connectivity index (χ3v) is 6.14. The first-order valence-electron chi connectivity index (χ1n) is 11.5. The third kappa shape index (κ3) is 4.82. The molecule has 1 fully saturated rings. The van der Waals surface area contributed by atoms with Crippen LogP contribution in [0.4, 0.5) is 11.5 Å². The van der Waals surface area contributed by atoms with Crippen LogP contribution >= 0.6 is 0 Å². The number of amides is 2. The summed E-state index contributed by atoms with van der Waals surface area (Å²) in [6, 6.07) is 20.4. The molecule has 0 unspecified atom stereocenters. The Morgan fingerprint density at radius 3 is 2.46 bits per heavy atom. The standard InChI is InChI=1S/C27H26N4O4/c1-34-21-11-9-20(10-12-21)18-24-27(33)31(22-6-2-3-7-23(22)35-24)19-26(32)30-16-14-29(15-17-30)25-8-4-5-13-28-25/h2-13,18H,14-17,19H2,1H3. The van der Waals surface area contributed by atoms with Gasteiger partial charge < -0.3 is 19.3 Å². The number of aromatic nitrogens is 1. The molecule has 2 aromatic carbocycles. The van der Waals surface area contributed by atoms with Gasteiger partial charge in [-0.25, -0.2) is 4.98 Å². The summed E-state index contributed by atoms with van der Waals surface area (Å²) in [6.45, 7) is 2.48. The molecule has 0 atom stereocenters. The van der Waals surface area contributed by atoms with Gasteiger partial charge in [-0.15, -0.1) is 0 Å². The number of hydrogen-bond acceptors (Lipinski definition) is 6. The van der Waals surface area contributed by atoms with Gasteiger partial charge in [0.05, 0.1) is 12.8 Å². The average Bonchev–Trinajstić information content (AvgIpc) is 2.92. The van der Waals surface area contributed by atoms with Gasteiger partial charge in [0.2, 0.25) is 5.91 Å². The number of piperazine rings is 1. The fourth-order valence-electron chi connectivity index (χ4n) is 4.23. The molecule has 0 N–H and O–H groups in total. The van der Waals surface area contributed by atoms with Crippen molar-refractivity contribution < 1.29 is 19.1 Å². The fourth-order valence-corrected chi connectivity index (χ4v) is 4.23. The zero-order valence-corrected chi connectivity index (χ0v) is 19.5. The van der Waals surface area contributed by atoms with Crippen LogP contribution < -0.4 is 19.3 Å². The Morgan fingerprint density at radius 2 is 1.74 bits per heavy atom. The smallest absolute Gasteiger partial charge is 0.294 e. The van der Waals surface area contributed by atoms with Crippen LogP contribution in [-0.2, 0) is 9.59 Å². The Bertz CT molecular complexity index is 1240. The monoisotopic (exact) mass is 470 g/mol. The molecule has 1 saturated heterocycles. The summed E-state index contributed by atoms with van der Waals surface area (Å²) in [5, 5.41) is 0. The second kappa shape index (κ2) is 9.89. The second-order valence-corrected chi connectivity index (χ2v) is 8.30. The topological polar surface area (TPSA) is 75.2 Å². The van der Waals surface area contributed by atoms with Gasteiger partial charge in [-0.1, -0.05) is 30.3 Å². The summed E-state index contributed by atoms with van der Waals surface area (Å²) < 4.78 is 11.1. The molecule has 2 aliphatic heterocycles. The minimum absolute atomic E-state index is 0.0528. The Balaban J connectivity index is 1.32. The summed E-state index contributed by atoms with van der Waals surface area (Å²) in [7, 11) is 1.60. The quantitative estimate of drug-likeness (QED) is 0.533. The molecule has 8 nitrogen and oxygen atoms in total. The molecule has 0 spiro atoms. The lowest BCUT2D eigenvalue weighted by Gasteiger charge is -2.37. The molecule has 3 aromatic rings. The minimum Gasteiger partial charge on any atom is -0.497 e. The van der Waals surface area contributed by atoms with E-state index < -0.39 is 0 Å². The Labute approximate surface area is 204 Å². The van der Waals surface area contributed by atoms with E-state index in [4.69, 9.17) is 9.47 Å². The molecule has 0 aliphatic carbocycles. The van der Waals surface area contributed by atoms with Gasteiger partial charge in [0.25, 0.3) is 5.91 Å². The highest BCUT2D eigenvalue weighted by Gasteiger charge is 2.33. The maximum absolute atomic E-state index is 13.4. The van der Waals surface area contributed by atoms with Crippen molar-refractivity contribution in [3.05, 3.63) is 84.2 Å². The van der Waals surface area contributed by atoms with E-state index in [9.17, 15) is 9.59 Å². The molecular weight excluding hydrogens is 444 g/mol. The fraction of sp³-hybridized carbons (Fsp3) is 0.222. The van der Waals surface area contributed by atoms with Crippen LogP contribution in [0.5, 0.6) is 11.5 Å². The number of rotatable bonds is 5. The lowest BCUT2D eigenvalue weighted by molar-refractivity contribution is -0.131. The summed E-state index contributed by atoms with van der Waals surface area (Å²) in [5.41, 5.74) is 1.38. The predicted molar refractivity (Wildman–Crippen MR) is 133 cm³/mol. The Kier molecular flexibility index (Phi) is 6.34. The van der Waals surface area contributed by atoms with E-state index in [-0.39, 0.29) is 24.1 Å². The van der Waals surface area contributed by atoms with Crippen LogP contribution in [0.1, 0.15) is 5.56 Å². The van der Waals surface area contributed by atoms with Gasteiger partial charge in [0, 0.05) is 32.4 Å². The maximum Gasteiger partial charge on any atom is 0.294 e. The van der Waals surface area contributed by atoms with E-state index in [2.05, 4.69) is 9.88 Å². The zero-order chi connectivity index (χ0) is 24.2. The predicted octanol–water partition coefficient (Wildman–Crippen LogP) is 3.21. The summed E-state index contributed by atoms with van der Waals surface area (Å²) in [5.74, 6) is 1.90. The van der Waals surface area contributed by atoms with Crippen molar-refractivity contribution in [3.8, 4) is 11.5 Å². The summed E-state index contributed by atoms with van der Waals surface area (Å²) in [4.78, 5) is 36.5. The summed E-state index contributed by atoms with van der Waals surface area (Å²) in [6.07, 6.45) is 3.45.